The fourth-order valence-corrected chi connectivity index (χ4v) is 2.74. The summed E-state index contributed by atoms with van der Waals surface area (Å²) in [7, 11) is 3.31. The molecule has 2 aromatic rings. The van der Waals surface area contributed by atoms with Gasteiger partial charge in [0, 0.05) is 43.7 Å². The molecule has 0 radical (unpaired) electrons. The standard InChI is InChI=1S/C19H27N5O2/c1-13(2)24-18(9-10-21-24)23-14(3)11-16(15(23)4)7-8-17(25)20-12-19(26)22(5)6/h7-11,13H,12H2,1-6H3,(H,20,25)/b8-7+. The van der Waals surface area contributed by atoms with Gasteiger partial charge in [-0.2, -0.15) is 5.10 Å². The Balaban J connectivity index is 2.18. The Bertz CT molecular complexity index is 827. The largest absolute Gasteiger partial charge is 0.347 e. The molecule has 1 N–H and O–H groups in total. The average molecular weight is 357 g/mol. The summed E-state index contributed by atoms with van der Waals surface area (Å²) in [6.45, 7) is 8.20. The van der Waals surface area contributed by atoms with Gasteiger partial charge in [0.1, 0.15) is 5.82 Å². The first-order valence-electron chi connectivity index (χ1n) is 8.61. The first-order valence-corrected chi connectivity index (χ1v) is 8.61. The second-order valence-corrected chi connectivity index (χ2v) is 6.73. The normalized spacial score (nSPS) is 11.3. The first-order chi connectivity index (χ1) is 12.2. The van der Waals surface area contributed by atoms with Crippen molar-refractivity contribution in [1.82, 2.24) is 24.6 Å². The summed E-state index contributed by atoms with van der Waals surface area (Å²) in [5.74, 6) is 0.555. The van der Waals surface area contributed by atoms with Gasteiger partial charge >= 0.3 is 0 Å². The van der Waals surface area contributed by atoms with E-state index in [1.54, 1.807) is 26.4 Å². The van der Waals surface area contributed by atoms with E-state index in [4.69, 9.17) is 0 Å². The van der Waals surface area contributed by atoms with Gasteiger partial charge in [0.2, 0.25) is 11.8 Å². The van der Waals surface area contributed by atoms with Crippen molar-refractivity contribution in [2.45, 2.75) is 33.7 Å². The Kier molecular flexibility index (Phi) is 6.02. The predicted molar refractivity (Wildman–Crippen MR) is 102 cm³/mol. The van der Waals surface area contributed by atoms with Crippen molar-refractivity contribution in [2.24, 2.45) is 0 Å². The molecule has 0 aliphatic carbocycles. The van der Waals surface area contributed by atoms with E-state index in [-0.39, 0.29) is 24.4 Å². The number of likely N-dealkylation sites (N-methyl/N-ethyl adjacent to an activating group) is 1. The predicted octanol–water partition coefficient (Wildman–Crippen LogP) is 2.09. The Morgan fingerprint density at radius 3 is 2.62 bits per heavy atom. The molecule has 2 heterocycles. The van der Waals surface area contributed by atoms with Crippen LogP contribution in [0.2, 0.25) is 0 Å². The number of aromatic nitrogens is 3. The maximum Gasteiger partial charge on any atom is 0.244 e. The third-order valence-corrected chi connectivity index (χ3v) is 4.16. The molecule has 2 rings (SSSR count). The van der Waals surface area contributed by atoms with Crippen LogP contribution in [0.4, 0.5) is 0 Å². The van der Waals surface area contributed by atoms with Gasteiger partial charge in [0.05, 0.1) is 12.7 Å². The van der Waals surface area contributed by atoms with Crippen LogP contribution < -0.4 is 5.32 Å². The smallest absolute Gasteiger partial charge is 0.244 e. The second kappa shape index (κ2) is 8.03. The zero-order chi connectivity index (χ0) is 19.4. The lowest BCUT2D eigenvalue weighted by Gasteiger charge is -2.15. The molecule has 7 heteroatoms. The third kappa shape index (κ3) is 4.22. The van der Waals surface area contributed by atoms with Gasteiger partial charge in [0.25, 0.3) is 0 Å². The summed E-state index contributed by atoms with van der Waals surface area (Å²) in [6, 6.07) is 4.26. The molecule has 0 atom stereocenters. The van der Waals surface area contributed by atoms with Crippen molar-refractivity contribution in [1.29, 1.82) is 0 Å². The Labute approximate surface area is 154 Å². The van der Waals surface area contributed by atoms with Crippen LogP contribution in [0.3, 0.4) is 0 Å². The van der Waals surface area contributed by atoms with E-state index in [1.165, 1.54) is 11.0 Å². The van der Waals surface area contributed by atoms with Crippen LogP contribution in [0.5, 0.6) is 0 Å². The van der Waals surface area contributed by atoms with Gasteiger partial charge in [-0.25, -0.2) is 4.68 Å². The van der Waals surface area contributed by atoms with Gasteiger partial charge in [-0.15, -0.1) is 0 Å². The van der Waals surface area contributed by atoms with E-state index in [0.29, 0.717) is 0 Å². The number of hydrogen-bond donors (Lipinski definition) is 1. The van der Waals surface area contributed by atoms with E-state index in [9.17, 15) is 9.59 Å². The lowest BCUT2D eigenvalue weighted by Crippen LogP contribution is -2.35. The first kappa shape index (κ1) is 19.5. The molecule has 0 aromatic carbocycles. The van der Waals surface area contributed by atoms with Crippen molar-refractivity contribution in [3.8, 4) is 5.82 Å². The van der Waals surface area contributed by atoms with Crippen LogP contribution in [0.25, 0.3) is 11.9 Å². The Morgan fingerprint density at radius 1 is 1.31 bits per heavy atom. The van der Waals surface area contributed by atoms with Gasteiger partial charge in [-0.3, -0.25) is 9.59 Å². The maximum absolute atomic E-state index is 11.9. The van der Waals surface area contributed by atoms with Gasteiger partial charge in [0.15, 0.2) is 0 Å². The van der Waals surface area contributed by atoms with Crippen LogP contribution in [-0.4, -0.2) is 51.7 Å². The van der Waals surface area contributed by atoms with E-state index < -0.39 is 0 Å². The zero-order valence-electron chi connectivity index (χ0n) is 16.3. The van der Waals surface area contributed by atoms with Gasteiger partial charge in [-0.05, 0) is 45.4 Å². The quantitative estimate of drug-likeness (QED) is 0.805. The van der Waals surface area contributed by atoms with Crippen LogP contribution in [0.15, 0.2) is 24.4 Å². The monoisotopic (exact) mass is 357 g/mol. The third-order valence-electron chi connectivity index (χ3n) is 4.16. The molecular formula is C19H27N5O2. The lowest BCUT2D eigenvalue weighted by molar-refractivity contribution is -0.129. The molecule has 0 bridgehead atoms. The number of carbonyl (C=O) groups excluding carboxylic acids is 2. The minimum absolute atomic E-state index is 0.0111. The summed E-state index contributed by atoms with van der Waals surface area (Å²) in [6.07, 6.45) is 5.01. The van der Waals surface area contributed by atoms with E-state index in [2.05, 4.69) is 28.8 Å². The molecular weight excluding hydrogens is 330 g/mol. The molecule has 0 spiro atoms. The summed E-state index contributed by atoms with van der Waals surface area (Å²) in [5.41, 5.74) is 3.04. The number of aryl methyl sites for hydroxylation is 1. The lowest BCUT2D eigenvalue weighted by atomic mass is 10.2. The van der Waals surface area contributed by atoms with Crippen molar-refractivity contribution >= 4 is 17.9 Å². The molecule has 0 aliphatic rings. The zero-order valence-corrected chi connectivity index (χ0v) is 16.3. The highest BCUT2D eigenvalue weighted by Crippen LogP contribution is 2.23. The second-order valence-electron chi connectivity index (χ2n) is 6.73. The van der Waals surface area contributed by atoms with Crippen molar-refractivity contribution in [2.75, 3.05) is 20.6 Å². The van der Waals surface area contributed by atoms with Crippen LogP contribution in [0, 0.1) is 13.8 Å². The summed E-state index contributed by atoms with van der Waals surface area (Å²) in [5, 5.41) is 6.98. The molecule has 0 saturated heterocycles. The fraction of sp³-hybridized carbons (Fsp3) is 0.421. The Morgan fingerprint density at radius 2 is 2.00 bits per heavy atom. The van der Waals surface area contributed by atoms with E-state index in [0.717, 1.165) is 22.8 Å². The van der Waals surface area contributed by atoms with E-state index >= 15 is 0 Å². The van der Waals surface area contributed by atoms with Gasteiger partial charge in [-0.1, -0.05) is 0 Å². The van der Waals surface area contributed by atoms with Crippen molar-refractivity contribution in [3.63, 3.8) is 0 Å². The molecule has 0 unspecified atom stereocenters. The minimum Gasteiger partial charge on any atom is -0.347 e. The molecule has 140 valence electrons. The molecule has 0 aliphatic heterocycles. The number of nitrogens with zero attached hydrogens (tertiary/aromatic N) is 4. The van der Waals surface area contributed by atoms with Crippen molar-refractivity contribution < 1.29 is 9.59 Å². The van der Waals surface area contributed by atoms with Crippen molar-refractivity contribution in [3.05, 3.63) is 41.4 Å². The highest BCUT2D eigenvalue weighted by molar-refractivity contribution is 5.94. The van der Waals surface area contributed by atoms with Crippen LogP contribution >= 0.6 is 0 Å². The minimum atomic E-state index is -0.294. The number of rotatable bonds is 6. The van der Waals surface area contributed by atoms with E-state index in [1.807, 2.05) is 30.7 Å². The van der Waals surface area contributed by atoms with Crippen LogP contribution in [-0.2, 0) is 9.59 Å². The average Bonchev–Trinajstić information content (AvgIpc) is 3.15. The number of nitrogens with one attached hydrogen (secondary N) is 1. The molecule has 0 saturated carbocycles. The maximum atomic E-state index is 11.9. The highest BCUT2D eigenvalue weighted by atomic mass is 16.2. The summed E-state index contributed by atoms with van der Waals surface area (Å²) in [4.78, 5) is 24.9. The summed E-state index contributed by atoms with van der Waals surface area (Å²) < 4.78 is 4.09. The van der Waals surface area contributed by atoms with Gasteiger partial charge < -0.3 is 14.8 Å². The molecule has 0 fully saturated rings. The topological polar surface area (TPSA) is 72.2 Å². The fourth-order valence-electron chi connectivity index (χ4n) is 2.74. The number of amides is 2. The molecule has 2 amide bonds. The number of hydrogen-bond acceptors (Lipinski definition) is 3. The summed E-state index contributed by atoms with van der Waals surface area (Å²) >= 11 is 0. The highest BCUT2D eigenvalue weighted by Gasteiger charge is 2.14. The SMILES string of the molecule is Cc1cc(/C=C/C(=O)NCC(=O)N(C)C)c(C)n1-c1ccnn1C(C)C. The van der Waals surface area contributed by atoms with Crippen LogP contribution in [0.1, 0.15) is 36.8 Å². The molecule has 7 nitrogen and oxygen atoms in total. The Hall–Kier alpha value is -2.83. The number of carbonyl (C=O) groups is 2. The molecule has 26 heavy (non-hydrogen) atoms. The molecule has 2 aromatic heterocycles.